The van der Waals surface area contributed by atoms with Gasteiger partial charge in [0.15, 0.2) is 6.10 Å². The van der Waals surface area contributed by atoms with Gasteiger partial charge in [0.25, 0.3) is 5.91 Å². The van der Waals surface area contributed by atoms with Crippen LogP contribution in [0.5, 0.6) is 0 Å². The quantitative estimate of drug-likeness (QED) is 0.693. The van der Waals surface area contributed by atoms with Crippen molar-refractivity contribution >= 4 is 23.5 Å². The van der Waals surface area contributed by atoms with Gasteiger partial charge in [-0.2, -0.15) is 13.2 Å². The van der Waals surface area contributed by atoms with E-state index in [9.17, 15) is 33.0 Å². The number of nitrogens with one attached hydrogen (secondary N) is 1. The molecule has 0 fully saturated rings. The molecule has 0 bridgehead atoms. The lowest BCUT2D eigenvalue weighted by atomic mass is 10.0. The molecular weight excluding hydrogens is 387 g/mol. The van der Waals surface area contributed by atoms with Crippen LogP contribution in [0, 0.1) is 0 Å². The van der Waals surface area contributed by atoms with Crippen molar-refractivity contribution in [3.8, 4) is 0 Å². The molecule has 0 aliphatic heterocycles. The number of aliphatic hydroxyl groups excluding tert-OH is 1. The third-order valence-electron chi connectivity index (χ3n) is 3.80. The molecule has 9 heteroatoms. The fourth-order valence-corrected chi connectivity index (χ4v) is 2.55. The van der Waals surface area contributed by atoms with Crippen LogP contribution in [0.3, 0.4) is 0 Å². The number of aliphatic hydroxyl groups is 1. The normalized spacial score (nSPS) is 13.7. The fraction of sp³-hybridized carbons (Fsp3) is 0.222. The van der Waals surface area contributed by atoms with E-state index in [0.29, 0.717) is 10.6 Å². The molecule has 0 aliphatic carbocycles. The van der Waals surface area contributed by atoms with Crippen LogP contribution in [0.15, 0.2) is 48.5 Å². The zero-order valence-corrected chi connectivity index (χ0v) is 14.5. The number of carboxylic acid groups (broad SMARTS) is 1. The first-order valence-electron chi connectivity index (χ1n) is 7.71. The maximum Gasteiger partial charge on any atom is 0.416 e. The molecule has 27 heavy (non-hydrogen) atoms. The van der Waals surface area contributed by atoms with E-state index in [4.69, 9.17) is 11.6 Å². The largest absolute Gasteiger partial charge is 0.480 e. The Labute approximate surface area is 157 Å². The second-order valence-electron chi connectivity index (χ2n) is 5.72. The number of carbonyl (C=O) groups excluding carboxylic acids is 1. The maximum absolute atomic E-state index is 12.6. The number of benzene rings is 2. The molecule has 0 saturated heterocycles. The van der Waals surface area contributed by atoms with E-state index in [0.717, 1.165) is 24.3 Å². The summed E-state index contributed by atoms with van der Waals surface area (Å²) in [5.74, 6) is -2.39. The topological polar surface area (TPSA) is 86.6 Å². The van der Waals surface area contributed by atoms with Crippen LogP contribution in [-0.4, -0.2) is 28.1 Å². The molecule has 2 aromatic rings. The summed E-state index contributed by atoms with van der Waals surface area (Å²) >= 11 is 5.97. The second-order valence-corrected chi connectivity index (χ2v) is 6.12. The van der Waals surface area contributed by atoms with Crippen molar-refractivity contribution in [1.82, 2.24) is 5.32 Å². The van der Waals surface area contributed by atoms with Gasteiger partial charge < -0.3 is 15.5 Å². The van der Waals surface area contributed by atoms with Crippen molar-refractivity contribution in [3.05, 3.63) is 70.2 Å². The van der Waals surface area contributed by atoms with E-state index in [-0.39, 0.29) is 12.0 Å². The Morgan fingerprint density at radius 2 is 1.67 bits per heavy atom. The molecule has 0 spiro atoms. The SMILES string of the molecule is O=C(O)[C@H](Cc1ccccc1Cl)NC(=O)[C@H](O)c1ccc(C(F)(F)F)cc1. The van der Waals surface area contributed by atoms with Crippen LogP contribution in [0.4, 0.5) is 13.2 Å². The van der Waals surface area contributed by atoms with E-state index in [1.807, 2.05) is 0 Å². The molecule has 1 amide bonds. The number of carboxylic acids is 1. The van der Waals surface area contributed by atoms with Crippen LogP contribution < -0.4 is 5.32 Å². The minimum absolute atomic E-state index is 0.0950. The average molecular weight is 402 g/mol. The molecule has 2 atom stereocenters. The number of aliphatic carboxylic acids is 1. The molecule has 0 saturated carbocycles. The number of amides is 1. The van der Waals surface area contributed by atoms with Gasteiger partial charge in [0.2, 0.25) is 0 Å². The number of rotatable bonds is 6. The van der Waals surface area contributed by atoms with E-state index < -0.39 is 35.8 Å². The van der Waals surface area contributed by atoms with Crippen LogP contribution >= 0.6 is 11.6 Å². The van der Waals surface area contributed by atoms with Gasteiger partial charge >= 0.3 is 12.1 Å². The van der Waals surface area contributed by atoms with Gasteiger partial charge in [-0.3, -0.25) is 4.79 Å². The lowest BCUT2D eigenvalue weighted by molar-refractivity contribution is -0.143. The zero-order chi connectivity index (χ0) is 20.2. The zero-order valence-electron chi connectivity index (χ0n) is 13.7. The predicted molar refractivity (Wildman–Crippen MR) is 91.1 cm³/mol. The van der Waals surface area contributed by atoms with Gasteiger partial charge in [-0.1, -0.05) is 41.9 Å². The molecule has 0 heterocycles. The number of alkyl halides is 3. The molecule has 0 unspecified atom stereocenters. The Kier molecular flexibility index (Phi) is 6.45. The maximum atomic E-state index is 12.6. The van der Waals surface area contributed by atoms with E-state index >= 15 is 0 Å². The monoisotopic (exact) mass is 401 g/mol. The van der Waals surface area contributed by atoms with Crippen molar-refractivity contribution in [3.63, 3.8) is 0 Å². The molecule has 5 nitrogen and oxygen atoms in total. The minimum atomic E-state index is -4.55. The van der Waals surface area contributed by atoms with Crippen molar-refractivity contribution in [2.24, 2.45) is 0 Å². The highest BCUT2D eigenvalue weighted by molar-refractivity contribution is 6.31. The summed E-state index contributed by atoms with van der Waals surface area (Å²) in [5.41, 5.74) is -0.542. The first-order chi connectivity index (χ1) is 12.6. The van der Waals surface area contributed by atoms with Crippen LogP contribution in [-0.2, 0) is 22.2 Å². The lowest BCUT2D eigenvalue weighted by Gasteiger charge is -2.18. The smallest absolute Gasteiger partial charge is 0.416 e. The Balaban J connectivity index is 2.10. The van der Waals surface area contributed by atoms with Gasteiger partial charge in [0.1, 0.15) is 6.04 Å². The molecule has 2 aromatic carbocycles. The summed E-state index contributed by atoms with van der Waals surface area (Å²) in [6.07, 6.45) is -6.49. The Morgan fingerprint density at radius 3 is 2.19 bits per heavy atom. The molecule has 0 aromatic heterocycles. The highest BCUT2D eigenvalue weighted by Crippen LogP contribution is 2.30. The van der Waals surface area contributed by atoms with Crippen molar-refractivity contribution in [1.29, 1.82) is 0 Å². The number of halogens is 4. The highest BCUT2D eigenvalue weighted by Gasteiger charge is 2.31. The van der Waals surface area contributed by atoms with Crippen LogP contribution in [0.25, 0.3) is 0 Å². The Hall–Kier alpha value is -2.58. The van der Waals surface area contributed by atoms with Gasteiger partial charge in [0.05, 0.1) is 5.56 Å². The number of hydrogen-bond donors (Lipinski definition) is 3. The summed E-state index contributed by atoms with van der Waals surface area (Å²) < 4.78 is 37.7. The highest BCUT2D eigenvalue weighted by atomic mass is 35.5. The number of hydrogen-bond acceptors (Lipinski definition) is 3. The lowest BCUT2D eigenvalue weighted by Crippen LogP contribution is -2.44. The third kappa shape index (κ3) is 5.45. The Bertz CT molecular complexity index is 824. The predicted octanol–water partition coefficient (Wildman–Crippen LogP) is 3.20. The minimum Gasteiger partial charge on any atom is -0.480 e. The first-order valence-corrected chi connectivity index (χ1v) is 8.09. The van der Waals surface area contributed by atoms with Gasteiger partial charge in [-0.05, 0) is 29.3 Å². The number of carbonyl (C=O) groups is 2. The summed E-state index contributed by atoms with van der Waals surface area (Å²) in [4.78, 5) is 23.5. The van der Waals surface area contributed by atoms with E-state index in [2.05, 4.69) is 5.32 Å². The molecule has 144 valence electrons. The van der Waals surface area contributed by atoms with Crippen molar-refractivity contribution in [2.45, 2.75) is 24.7 Å². The Morgan fingerprint density at radius 1 is 1.07 bits per heavy atom. The van der Waals surface area contributed by atoms with E-state index in [1.165, 1.54) is 0 Å². The van der Waals surface area contributed by atoms with Crippen molar-refractivity contribution < 1.29 is 33.0 Å². The molecule has 0 aliphatic rings. The van der Waals surface area contributed by atoms with Crippen molar-refractivity contribution in [2.75, 3.05) is 0 Å². The van der Waals surface area contributed by atoms with Crippen LogP contribution in [0.1, 0.15) is 22.8 Å². The summed E-state index contributed by atoms with van der Waals surface area (Å²) in [6, 6.07) is 8.46. The molecular formula is C18H15ClF3NO4. The molecule has 2 rings (SSSR count). The second kappa shape index (κ2) is 8.41. The summed E-state index contributed by atoms with van der Waals surface area (Å²) in [6.45, 7) is 0. The molecule has 0 radical (unpaired) electrons. The molecule has 3 N–H and O–H groups in total. The van der Waals surface area contributed by atoms with Gasteiger partial charge in [0, 0.05) is 11.4 Å². The third-order valence-corrected chi connectivity index (χ3v) is 4.17. The standard InChI is InChI=1S/C18H15ClF3NO4/c19-13-4-2-1-3-11(13)9-14(17(26)27)23-16(25)15(24)10-5-7-12(8-6-10)18(20,21)22/h1-8,14-15,24H,9H2,(H,23,25)(H,26,27)/t14-,15+/m0/s1. The fourth-order valence-electron chi connectivity index (χ4n) is 2.34. The van der Waals surface area contributed by atoms with E-state index in [1.54, 1.807) is 24.3 Å². The summed E-state index contributed by atoms with van der Waals surface area (Å²) in [7, 11) is 0. The van der Waals surface area contributed by atoms with Gasteiger partial charge in [-0.25, -0.2) is 4.79 Å². The first kappa shape index (κ1) is 20.7. The summed E-state index contributed by atoms with van der Waals surface area (Å²) in [5, 5.41) is 21.8. The van der Waals surface area contributed by atoms with Crippen LogP contribution in [0.2, 0.25) is 5.02 Å². The average Bonchev–Trinajstić information content (AvgIpc) is 2.61. The van der Waals surface area contributed by atoms with Gasteiger partial charge in [-0.15, -0.1) is 0 Å².